The van der Waals surface area contributed by atoms with Crippen molar-refractivity contribution in [1.29, 1.82) is 0 Å². The Balaban J connectivity index is 1.84. The zero-order valence-electron chi connectivity index (χ0n) is 13.3. The second kappa shape index (κ2) is 8.40. The number of rotatable bonds is 7. The normalized spacial score (nSPS) is 19.2. The summed E-state index contributed by atoms with van der Waals surface area (Å²) in [5.41, 5.74) is 0.946. The van der Waals surface area contributed by atoms with E-state index in [2.05, 4.69) is 12.2 Å². The minimum absolute atomic E-state index is 0.450. The lowest BCUT2D eigenvalue weighted by atomic mass is 9.83. The fraction of sp³-hybridized carbons (Fsp3) is 0.667. The van der Waals surface area contributed by atoms with Crippen molar-refractivity contribution in [3.8, 4) is 5.75 Å². The number of aliphatic hydroxyl groups is 1. The van der Waals surface area contributed by atoms with E-state index in [0.29, 0.717) is 12.6 Å². The topological polar surface area (TPSA) is 41.5 Å². The Morgan fingerprint density at radius 2 is 1.86 bits per heavy atom. The zero-order valence-corrected chi connectivity index (χ0v) is 13.3. The van der Waals surface area contributed by atoms with E-state index < -0.39 is 6.10 Å². The highest BCUT2D eigenvalue weighted by atomic mass is 16.5. The summed E-state index contributed by atoms with van der Waals surface area (Å²) in [4.78, 5) is 0. The first kappa shape index (κ1) is 16.3. The molecule has 0 spiro atoms. The Kier molecular flexibility index (Phi) is 6.52. The summed E-state index contributed by atoms with van der Waals surface area (Å²) in [6.45, 7) is 2.87. The van der Waals surface area contributed by atoms with Crippen molar-refractivity contribution in [2.45, 2.75) is 57.6 Å². The molecule has 2 unspecified atom stereocenters. The average molecular weight is 291 g/mol. The number of hydrogen-bond donors (Lipinski definition) is 2. The third kappa shape index (κ3) is 4.72. The summed E-state index contributed by atoms with van der Waals surface area (Å²) < 4.78 is 5.15. The molecule has 1 saturated carbocycles. The molecule has 2 rings (SSSR count). The second-order valence-corrected chi connectivity index (χ2v) is 6.11. The van der Waals surface area contributed by atoms with Crippen molar-refractivity contribution in [2.75, 3.05) is 13.7 Å². The minimum Gasteiger partial charge on any atom is -0.497 e. The predicted octanol–water partition coefficient (Wildman–Crippen LogP) is 3.68. The molecular formula is C18H29NO2. The van der Waals surface area contributed by atoms with Crippen molar-refractivity contribution >= 4 is 0 Å². The minimum atomic E-state index is -0.450. The van der Waals surface area contributed by atoms with E-state index in [1.165, 1.54) is 32.1 Å². The van der Waals surface area contributed by atoms with E-state index in [4.69, 9.17) is 4.74 Å². The maximum absolute atomic E-state index is 10.3. The Bertz CT molecular complexity index is 398. The summed E-state index contributed by atoms with van der Waals surface area (Å²) in [5, 5.41) is 13.9. The van der Waals surface area contributed by atoms with Gasteiger partial charge in [0.05, 0.1) is 13.2 Å². The lowest BCUT2D eigenvalue weighted by molar-refractivity contribution is 0.157. The van der Waals surface area contributed by atoms with Crippen LogP contribution >= 0.6 is 0 Å². The van der Waals surface area contributed by atoms with Gasteiger partial charge < -0.3 is 15.2 Å². The van der Waals surface area contributed by atoms with Gasteiger partial charge in [-0.25, -0.2) is 0 Å². The molecule has 0 radical (unpaired) electrons. The van der Waals surface area contributed by atoms with Gasteiger partial charge in [0.15, 0.2) is 0 Å². The van der Waals surface area contributed by atoms with Crippen LogP contribution in [0.3, 0.4) is 0 Å². The largest absolute Gasteiger partial charge is 0.497 e. The van der Waals surface area contributed by atoms with Crippen LogP contribution in [0.2, 0.25) is 0 Å². The molecule has 118 valence electrons. The van der Waals surface area contributed by atoms with Gasteiger partial charge >= 0.3 is 0 Å². The molecule has 0 bridgehead atoms. The first-order valence-corrected chi connectivity index (χ1v) is 8.30. The molecule has 0 aliphatic heterocycles. The fourth-order valence-electron chi connectivity index (χ4n) is 3.39. The van der Waals surface area contributed by atoms with Gasteiger partial charge in [-0.2, -0.15) is 0 Å². The van der Waals surface area contributed by atoms with Crippen molar-refractivity contribution in [3.63, 3.8) is 0 Å². The SMILES string of the molecule is CCC(NCC(O)c1ccc(OC)cc1)C1CCCCC1. The monoisotopic (exact) mass is 291 g/mol. The van der Waals surface area contributed by atoms with Crippen molar-refractivity contribution in [3.05, 3.63) is 29.8 Å². The number of aliphatic hydroxyl groups excluding tert-OH is 1. The zero-order chi connectivity index (χ0) is 15.1. The summed E-state index contributed by atoms with van der Waals surface area (Å²) in [6.07, 6.45) is 7.48. The van der Waals surface area contributed by atoms with Crippen LogP contribution in [0.15, 0.2) is 24.3 Å². The van der Waals surface area contributed by atoms with E-state index in [1.807, 2.05) is 24.3 Å². The van der Waals surface area contributed by atoms with E-state index in [9.17, 15) is 5.11 Å². The third-order valence-electron chi connectivity index (χ3n) is 4.73. The number of nitrogens with one attached hydrogen (secondary N) is 1. The highest BCUT2D eigenvalue weighted by Gasteiger charge is 2.22. The average Bonchev–Trinajstić information content (AvgIpc) is 2.56. The molecule has 1 aromatic carbocycles. The molecule has 0 amide bonds. The van der Waals surface area contributed by atoms with Crippen molar-refractivity contribution in [1.82, 2.24) is 5.32 Å². The summed E-state index contributed by atoms with van der Waals surface area (Å²) in [6, 6.07) is 8.21. The molecular weight excluding hydrogens is 262 g/mol. The molecule has 2 atom stereocenters. The van der Waals surface area contributed by atoms with Crippen molar-refractivity contribution < 1.29 is 9.84 Å². The maximum Gasteiger partial charge on any atom is 0.118 e. The lowest BCUT2D eigenvalue weighted by Gasteiger charge is -2.31. The molecule has 0 saturated heterocycles. The lowest BCUT2D eigenvalue weighted by Crippen LogP contribution is -2.39. The molecule has 1 aliphatic rings. The van der Waals surface area contributed by atoms with Gasteiger partial charge in [0, 0.05) is 12.6 Å². The van der Waals surface area contributed by atoms with Crippen LogP contribution in [0.4, 0.5) is 0 Å². The summed E-state index contributed by atoms with van der Waals surface area (Å²) >= 11 is 0. The highest BCUT2D eigenvalue weighted by molar-refractivity contribution is 5.28. The molecule has 0 heterocycles. The molecule has 1 aliphatic carbocycles. The van der Waals surface area contributed by atoms with Gasteiger partial charge in [0.2, 0.25) is 0 Å². The van der Waals surface area contributed by atoms with Crippen molar-refractivity contribution in [2.24, 2.45) is 5.92 Å². The Hall–Kier alpha value is -1.06. The summed E-state index contributed by atoms with van der Waals surface area (Å²) in [7, 11) is 1.66. The van der Waals surface area contributed by atoms with Crippen LogP contribution in [0, 0.1) is 5.92 Å². The first-order valence-electron chi connectivity index (χ1n) is 8.30. The predicted molar refractivity (Wildman–Crippen MR) is 86.6 cm³/mol. The van der Waals surface area contributed by atoms with E-state index >= 15 is 0 Å². The molecule has 1 aromatic rings. The van der Waals surface area contributed by atoms with Gasteiger partial charge in [0.1, 0.15) is 5.75 Å². The van der Waals surface area contributed by atoms with Crippen LogP contribution in [-0.2, 0) is 0 Å². The van der Waals surface area contributed by atoms with Gasteiger partial charge in [0.25, 0.3) is 0 Å². The van der Waals surface area contributed by atoms with E-state index in [-0.39, 0.29) is 0 Å². The molecule has 3 nitrogen and oxygen atoms in total. The standard InChI is InChI=1S/C18H29NO2/c1-3-17(14-7-5-4-6-8-14)19-13-18(20)15-9-11-16(21-2)12-10-15/h9-12,14,17-20H,3-8,13H2,1-2H3. The number of methoxy groups -OCH3 is 1. The van der Waals surface area contributed by atoms with Gasteiger partial charge in [-0.15, -0.1) is 0 Å². The molecule has 21 heavy (non-hydrogen) atoms. The number of ether oxygens (including phenoxy) is 1. The molecule has 0 aromatic heterocycles. The Labute approximate surface area is 128 Å². The molecule has 2 N–H and O–H groups in total. The van der Waals surface area contributed by atoms with Crippen LogP contribution in [0.5, 0.6) is 5.75 Å². The van der Waals surface area contributed by atoms with Crippen LogP contribution in [0.25, 0.3) is 0 Å². The van der Waals surface area contributed by atoms with Crippen LogP contribution in [0.1, 0.15) is 57.1 Å². The Morgan fingerprint density at radius 1 is 1.19 bits per heavy atom. The number of hydrogen-bond acceptors (Lipinski definition) is 3. The maximum atomic E-state index is 10.3. The molecule has 3 heteroatoms. The second-order valence-electron chi connectivity index (χ2n) is 6.11. The smallest absolute Gasteiger partial charge is 0.118 e. The number of benzene rings is 1. The highest BCUT2D eigenvalue weighted by Crippen LogP contribution is 2.28. The first-order chi connectivity index (χ1) is 10.2. The van der Waals surface area contributed by atoms with Gasteiger partial charge in [-0.1, -0.05) is 38.3 Å². The van der Waals surface area contributed by atoms with E-state index in [0.717, 1.165) is 23.7 Å². The molecule has 1 fully saturated rings. The van der Waals surface area contributed by atoms with E-state index in [1.54, 1.807) is 7.11 Å². The van der Waals surface area contributed by atoms with Gasteiger partial charge in [-0.05, 0) is 42.9 Å². The van der Waals surface area contributed by atoms with Gasteiger partial charge in [-0.3, -0.25) is 0 Å². The quantitative estimate of drug-likeness (QED) is 0.805. The van der Waals surface area contributed by atoms with Crippen LogP contribution in [-0.4, -0.2) is 24.8 Å². The van der Waals surface area contributed by atoms with Crippen LogP contribution < -0.4 is 10.1 Å². The summed E-state index contributed by atoms with van der Waals surface area (Å²) in [5.74, 6) is 1.61. The fourth-order valence-corrected chi connectivity index (χ4v) is 3.39. The Morgan fingerprint density at radius 3 is 2.43 bits per heavy atom. The third-order valence-corrected chi connectivity index (χ3v) is 4.73.